The predicted molar refractivity (Wildman–Crippen MR) is 92.7 cm³/mol. The summed E-state index contributed by atoms with van der Waals surface area (Å²) in [6.45, 7) is 0. The van der Waals surface area contributed by atoms with E-state index in [0.29, 0.717) is 11.4 Å². The van der Waals surface area contributed by atoms with E-state index in [9.17, 15) is 9.18 Å². The molecule has 3 aromatic rings. The van der Waals surface area contributed by atoms with Crippen molar-refractivity contribution in [2.45, 2.75) is 0 Å². The molecule has 0 spiro atoms. The van der Waals surface area contributed by atoms with E-state index in [1.807, 2.05) is 54.6 Å². The highest BCUT2D eigenvalue weighted by Gasteiger charge is 2.13. The average molecular weight is 321 g/mol. The van der Waals surface area contributed by atoms with Gasteiger partial charge in [-0.25, -0.2) is 9.18 Å². The van der Waals surface area contributed by atoms with Gasteiger partial charge in [-0.05, 0) is 47.5 Å². The number of anilines is 1. The molecular formula is C20H16FNO2. The van der Waals surface area contributed by atoms with Crippen LogP contribution in [0.1, 0.15) is 0 Å². The first-order valence-electron chi connectivity index (χ1n) is 7.50. The zero-order valence-electron chi connectivity index (χ0n) is 13.1. The maximum atomic E-state index is 12.9. The standard InChI is InChI=1S/C20H16FNO2/c1-22(20(23)24-19-13-9-17(21)10-14-19)18-11-7-16(8-12-18)15-5-3-2-4-6-15/h2-14H,1H3. The Morgan fingerprint density at radius 3 is 2.04 bits per heavy atom. The lowest BCUT2D eigenvalue weighted by molar-refractivity contribution is 0.209. The minimum atomic E-state index is -0.533. The van der Waals surface area contributed by atoms with E-state index in [0.717, 1.165) is 11.1 Å². The number of hydrogen-bond donors (Lipinski definition) is 0. The molecule has 0 saturated carbocycles. The summed E-state index contributed by atoms with van der Waals surface area (Å²) in [5.41, 5.74) is 2.89. The minimum absolute atomic E-state index is 0.300. The summed E-state index contributed by atoms with van der Waals surface area (Å²) in [5.74, 6) is -0.0752. The molecule has 0 bridgehead atoms. The molecule has 0 N–H and O–H groups in total. The Hall–Kier alpha value is -3.14. The van der Waals surface area contributed by atoms with Crippen LogP contribution in [0.15, 0.2) is 78.9 Å². The highest BCUT2D eigenvalue weighted by Crippen LogP contribution is 2.23. The largest absolute Gasteiger partial charge is 0.419 e. The topological polar surface area (TPSA) is 29.5 Å². The number of ether oxygens (including phenoxy) is 1. The van der Waals surface area contributed by atoms with Gasteiger partial charge < -0.3 is 4.74 Å². The van der Waals surface area contributed by atoms with E-state index in [-0.39, 0.29) is 5.82 Å². The molecule has 3 rings (SSSR count). The third-order valence-electron chi connectivity index (χ3n) is 3.65. The molecule has 3 aromatic carbocycles. The molecule has 24 heavy (non-hydrogen) atoms. The van der Waals surface area contributed by atoms with Crippen molar-refractivity contribution in [2.24, 2.45) is 0 Å². The first-order valence-corrected chi connectivity index (χ1v) is 7.50. The fourth-order valence-electron chi connectivity index (χ4n) is 2.29. The van der Waals surface area contributed by atoms with Gasteiger partial charge in [0, 0.05) is 12.7 Å². The molecule has 0 aromatic heterocycles. The second-order valence-corrected chi connectivity index (χ2v) is 5.29. The normalized spacial score (nSPS) is 10.2. The molecule has 0 aliphatic heterocycles. The van der Waals surface area contributed by atoms with Crippen molar-refractivity contribution in [3.8, 4) is 16.9 Å². The van der Waals surface area contributed by atoms with Crippen molar-refractivity contribution < 1.29 is 13.9 Å². The molecular weight excluding hydrogens is 305 g/mol. The van der Waals surface area contributed by atoms with Gasteiger partial charge in [0.15, 0.2) is 0 Å². The number of rotatable bonds is 3. The number of benzene rings is 3. The maximum absolute atomic E-state index is 12.9. The quantitative estimate of drug-likeness (QED) is 0.669. The Balaban J connectivity index is 1.71. The Kier molecular flexibility index (Phi) is 4.57. The van der Waals surface area contributed by atoms with Crippen LogP contribution in [-0.4, -0.2) is 13.1 Å². The minimum Gasteiger partial charge on any atom is -0.410 e. The van der Waals surface area contributed by atoms with Crippen LogP contribution in [0.5, 0.6) is 5.75 Å². The van der Waals surface area contributed by atoms with Crippen LogP contribution in [0.4, 0.5) is 14.9 Å². The number of nitrogens with zero attached hydrogens (tertiary/aromatic N) is 1. The van der Waals surface area contributed by atoms with Gasteiger partial charge in [-0.15, -0.1) is 0 Å². The van der Waals surface area contributed by atoms with E-state index in [4.69, 9.17) is 4.74 Å². The van der Waals surface area contributed by atoms with Crippen molar-refractivity contribution in [1.82, 2.24) is 0 Å². The molecule has 0 fully saturated rings. The Bertz CT molecular complexity index is 815. The van der Waals surface area contributed by atoms with Crippen LogP contribution in [0.25, 0.3) is 11.1 Å². The lowest BCUT2D eigenvalue weighted by Crippen LogP contribution is -2.29. The summed E-state index contributed by atoms with van der Waals surface area (Å²) < 4.78 is 18.1. The van der Waals surface area contributed by atoms with Crippen LogP contribution in [0.3, 0.4) is 0 Å². The molecule has 0 unspecified atom stereocenters. The first-order chi connectivity index (χ1) is 11.6. The van der Waals surface area contributed by atoms with Crippen LogP contribution in [-0.2, 0) is 0 Å². The van der Waals surface area contributed by atoms with Crippen LogP contribution >= 0.6 is 0 Å². The second kappa shape index (κ2) is 6.96. The van der Waals surface area contributed by atoms with Gasteiger partial charge in [-0.1, -0.05) is 42.5 Å². The highest BCUT2D eigenvalue weighted by molar-refractivity contribution is 5.88. The summed E-state index contributed by atoms with van der Waals surface area (Å²) in [7, 11) is 1.63. The number of carbonyl (C=O) groups excluding carboxylic acids is 1. The van der Waals surface area contributed by atoms with Crippen molar-refractivity contribution in [2.75, 3.05) is 11.9 Å². The third kappa shape index (κ3) is 3.60. The molecule has 0 aliphatic rings. The molecule has 0 aliphatic carbocycles. The lowest BCUT2D eigenvalue weighted by Gasteiger charge is -2.17. The second-order valence-electron chi connectivity index (χ2n) is 5.29. The van der Waals surface area contributed by atoms with Crippen LogP contribution in [0.2, 0.25) is 0 Å². The Morgan fingerprint density at radius 1 is 0.833 bits per heavy atom. The maximum Gasteiger partial charge on any atom is 0.419 e. The van der Waals surface area contributed by atoms with Crippen LogP contribution in [0, 0.1) is 5.82 Å². The van der Waals surface area contributed by atoms with E-state index in [1.54, 1.807) is 7.05 Å². The molecule has 0 saturated heterocycles. The fraction of sp³-hybridized carbons (Fsp3) is 0.0500. The van der Waals surface area contributed by atoms with Gasteiger partial charge in [-0.2, -0.15) is 0 Å². The number of hydrogen-bond acceptors (Lipinski definition) is 2. The van der Waals surface area contributed by atoms with Crippen molar-refractivity contribution in [3.63, 3.8) is 0 Å². The zero-order valence-corrected chi connectivity index (χ0v) is 13.1. The Morgan fingerprint density at radius 2 is 1.42 bits per heavy atom. The SMILES string of the molecule is CN(C(=O)Oc1ccc(F)cc1)c1ccc(-c2ccccc2)cc1. The molecule has 0 heterocycles. The first kappa shape index (κ1) is 15.7. The predicted octanol–water partition coefficient (Wildman–Crippen LogP) is 5.13. The molecule has 0 radical (unpaired) electrons. The van der Waals surface area contributed by atoms with E-state index in [2.05, 4.69) is 0 Å². The van der Waals surface area contributed by atoms with E-state index < -0.39 is 6.09 Å². The van der Waals surface area contributed by atoms with E-state index >= 15 is 0 Å². The summed E-state index contributed by atoms with van der Waals surface area (Å²) in [6.07, 6.45) is -0.533. The molecule has 1 amide bonds. The molecule has 120 valence electrons. The molecule has 3 nitrogen and oxygen atoms in total. The van der Waals surface area contributed by atoms with Gasteiger partial charge in [0.25, 0.3) is 0 Å². The smallest absolute Gasteiger partial charge is 0.410 e. The number of amides is 1. The van der Waals surface area contributed by atoms with Crippen molar-refractivity contribution >= 4 is 11.8 Å². The van der Waals surface area contributed by atoms with Gasteiger partial charge >= 0.3 is 6.09 Å². The monoisotopic (exact) mass is 321 g/mol. The van der Waals surface area contributed by atoms with Crippen molar-refractivity contribution in [3.05, 3.63) is 84.7 Å². The van der Waals surface area contributed by atoms with Gasteiger partial charge in [0.2, 0.25) is 0 Å². The Labute approximate surface area is 139 Å². The number of halogens is 1. The fourth-order valence-corrected chi connectivity index (χ4v) is 2.29. The molecule has 0 atom stereocenters. The third-order valence-corrected chi connectivity index (χ3v) is 3.65. The summed E-state index contributed by atoms with van der Waals surface area (Å²) >= 11 is 0. The van der Waals surface area contributed by atoms with Gasteiger partial charge in [0.1, 0.15) is 11.6 Å². The highest BCUT2D eigenvalue weighted by atomic mass is 19.1. The average Bonchev–Trinajstić information content (AvgIpc) is 2.64. The number of carbonyl (C=O) groups is 1. The van der Waals surface area contributed by atoms with Gasteiger partial charge in [-0.3, -0.25) is 4.90 Å². The van der Waals surface area contributed by atoms with Gasteiger partial charge in [0.05, 0.1) is 0 Å². The molecule has 4 heteroatoms. The zero-order chi connectivity index (χ0) is 16.9. The van der Waals surface area contributed by atoms with Crippen molar-refractivity contribution in [1.29, 1.82) is 0 Å². The lowest BCUT2D eigenvalue weighted by atomic mass is 10.1. The summed E-state index contributed by atoms with van der Waals surface area (Å²) in [5, 5.41) is 0. The van der Waals surface area contributed by atoms with E-state index in [1.165, 1.54) is 29.2 Å². The summed E-state index contributed by atoms with van der Waals surface area (Å²) in [6, 6.07) is 22.9. The van der Waals surface area contributed by atoms with Crippen LogP contribution < -0.4 is 9.64 Å². The summed E-state index contributed by atoms with van der Waals surface area (Å²) in [4.78, 5) is 13.6.